The van der Waals surface area contributed by atoms with Gasteiger partial charge in [0.15, 0.2) is 0 Å². The van der Waals surface area contributed by atoms with Crippen LogP contribution < -0.4 is 15.8 Å². The maximum absolute atomic E-state index is 11.8. The van der Waals surface area contributed by atoms with Gasteiger partial charge in [0.25, 0.3) is 0 Å². The fraction of sp³-hybridized carbons (Fsp3) is 0.520. The van der Waals surface area contributed by atoms with Crippen LogP contribution in [0.4, 0.5) is 4.79 Å². The summed E-state index contributed by atoms with van der Waals surface area (Å²) in [4.78, 5) is 23.9. The van der Waals surface area contributed by atoms with Gasteiger partial charge in [-0.25, -0.2) is 9.86 Å². The fourth-order valence-electron chi connectivity index (χ4n) is 2.85. The Hall–Kier alpha value is -2.70. The monoisotopic (exact) mass is 555 g/mol. The smallest absolute Gasteiger partial charge is 0.408 e. The molecular formula is C25H41N5O5S2. The molecule has 10 nitrogen and oxygen atoms in total. The van der Waals surface area contributed by atoms with Crippen molar-refractivity contribution in [2.45, 2.75) is 77.8 Å². The van der Waals surface area contributed by atoms with E-state index < -0.39 is 17.7 Å². The van der Waals surface area contributed by atoms with E-state index in [1.165, 1.54) is 23.7 Å². The number of thioether (sulfide) groups is 1. The molecule has 1 atom stereocenters. The number of carbonyl (C=O) groups excluding carboxylic acids is 2. The van der Waals surface area contributed by atoms with E-state index in [0.717, 1.165) is 32.4 Å². The number of hydrogen-bond acceptors (Lipinski definition) is 9. The molecule has 1 aromatic rings. The van der Waals surface area contributed by atoms with Crippen LogP contribution in [0, 0.1) is 26.2 Å². The lowest BCUT2D eigenvalue weighted by Gasteiger charge is -2.22. The summed E-state index contributed by atoms with van der Waals surface area (Å²) in [5.74, 6) is 0.754. The van der Waals surface area contributed by atoms with Crippen molar-refractivity contribution >= 4 is 47.1 Å². The molecule has 1 aromatic carbocycles. The first-order chi connectivity index (χ1) is 17.2. The van der Waals surface area contributed by atoms with Crippen LogP contribution in [0.15, 0.2) is 27.3 Å². The van der Waals surface area contributed by atoms with Gasteiger partial charge in [-0.3, -0.25) is 10.6 Å². The highest BCUT2D eigenvalue weighted by Gasteiger charge is 2.19. The molecule has 0 saturated carbocycles. The highest BCUT2D eigenvalue weighted by molar-refractivity contribution is 8.16. The molecule has 0 saturated heterocycles. The average molecular weight is 556 g/mol. The van der Waals surface area contributed by atoms with E-state index in [-0.39, 0.29) is 12.5 Å². The molecule has 0 heterocycles. The summed E-state index contributed by atoms with van der Waals surface area (Å²) in [5, 5.41) is 22.5. The molecule has 0 aliphatic rings. The van der Waals surface area contributed by atoms with Crippen LogP contribution in [0.1, 0.15) is 57.2 Å². The zero-order chi connectivity index (χ0) is 28.8. The largest absolute Gasteiger partial charge is 0.496 e. The Morgan fingerprint density at radius 3 is 2.43 bits per heavy atom. The zero-order valence-corrected chi connectivity index (χ0v) is 24.6. The number of benzene rings is 1. The number of hydroxylamine groups is 2. The third kappa shape index (κ3) is 14.0. The standard InChI is InChI=1S/C21H34N4O5S.C4H7NS/c1-13-11-17(29-7)14(2)15(3)18(13)31-24-19(22)25(28)10-8-9-16(12-26)23-20(27)30-21(4,5)6;1-3-6-4(2)5/h11-12,16,28H,8-10H2,1-7H3,(H2,22,24)(H,23,27);3,5H,1H2,2H3. The van der Waals surface area contributed by atoms with Gasteiger partial charge < -0.3 is 25.3 Å². The van der Waals surface area contributed by atoms with E-state index >= 15 is 0 Å². The number of amides is 1. The maximum Gasteiger partial charge on any atom is 0.408 e. The number of nitrogens with zero attached hydrogens (tertiary/aromatic N) is 2. The molecule has 1 amide bonds. The van der Waals surface area contributed by atoms with Gasteiger partial charge in [-0.15, -0.1) is 0 Å². The van der Waals surface area contributed by atoms with Crippen LogP contribution in [-0.4, -0.2) is 59.0 Å². The number of carbonyl (C=O) groups is 2. The molecule has 5 N–H and O–H groups in total. The van der Waals surface area contributed by atoms with E-state index in [2.05, 4.69) is 16.3 Å². The number of methoxy groups -OCH3 is 1. The molecule has 0 spiro atoms. The third-order valence-corrected chi connectivity index (χ3v) is 6.31. The maximum atomic E-state index is 11.8. The molecule has 0 aliphatic heterocycles. The number of guanidine groups is 1. The van der Waals surface area contributed by atoms with Gasteiger partial charge in [0.1, 0.15) is 17.6 Å². The number of alkyl carbamates (subject to hydrolysis) is 1. The molecule has 0 radical (unpaired) electrons. The van der Waals surface area contributed by atoms with Crippen LogP contribution in [0.3, 0.4) is 0 Å². The molecule has 0 aromatic heterocycles. The lowest BCUT2D eigenvalue weighted by atomic mass is 10.1. The summed E-state index contributed by atoms with van der Waals surface area (Å²) >= 11 is 2.51. The second-order valence-corrected chi connectivity index (χ2v) is 11.0. The van der Waals surface area contributed by atoms with Gasteiger partial charge in [-0.05, 0) is 89.5 Å². The van der Waals surface area contributed by atoms with E-state index in [4.69, 9.17) is 20.6 Å². The predicted octanol–water partition coefficient (Wildman–Crippen LogP) is 5.37. The van der Waals surface area contributed by atoms with Gasteiger partial charge in [0.2, 0.25) is 5.96 Å². The molecule has 1 rings (SSSR count). The average Bonchev–Trinajstić information content (AvgIpc) is 2.79. The Morgan fingerprint density at radius 1 is 1.35 bits per heavy atom. The minimum absolute atomic E-state index is 0.0555. The van der Waals surface area contributed by atoms with Crippen LogP contribution in [0.2, 0.25) is 0 Å². The summed E-state index contributed by atoms with van der Waals surface area (Å²) in [7, 11) is 1.63. The summed E-state index contributed by atoms with van der Waals surface area (Å²) in [6.45, 7) is 16.4. The highest BCUT2D eigenvalue weighted by atomic mass is 32.2. The van der Waals surface area contributed by atoms with Gasteiger partial charge in [-0.1, -0.05) is 18.3 Å². The first-order valence-electron chi connectivity index (χ1n) is 11.6. The Labute approximate surface area is 229 Å². The number of nitrogens with one attached hydrogen (secondary N) is 2. The molecule has 208 valence electrons. The Morgan fingerprint density at radius 2 is 1.97 bits per heavy atom. The molecular weight excluding hydrogens is 514 g/mol. The topological polar surface area (TPSA) is 150 Å². The van der Waals surface area contributed by atoms with E-state index in [0.29, 0.717) is 24.2 Å². The zero-order valence-electron chi connectivity index (χ0n) is 23.0. The SMILES string of the molecule is C=CSC(C)=N.COc1cc(C)c(S/N=C(/N)N(O)CCCC(C=O)NC(=O)OC(C)(C)C)c(C)c1C. The molecule has 12 heteroatoms. The van der Waals surface area contributed by atoms with Crippen molar-refractivity contribution in [3.8, 4) is 5.75 Å². The van der Waals surface area contributed by atoms with Crippen molar-refractivity contribution in [3.05, 3.63) is 34.7 Å². The number of nitrogens with two attached hydrogens (primary N) is 1. The first kappa shape index (κ1) is 34.3. The predicted molar refractivity (Wildman–Crippen MR) is 153 cm³/mol. The van der Waals surface area contributed by atoms with Crippen LogP contribution >= 0.6 is 23.7 Å². The second kappa shape index (κ2) is 16.9. The number of hydrogen-bond donors (Lipinski definition) is 4. The van der Waals surface area contributed by atoms with Crippen molar-refractivity contribution < 1.29 is 24.3 Å². The number of aryl methyl sites for hydroxylation is 1. The third-order valence-electron chi connectivity index (χ3n) is 4.70. The van der Waals surface area contributed by atoms with Gasteiger partial charge in [-0.2, -0.15) is 4.40 Å². The van der Waals surface area contributed by atoms with Crippen molar-refractivity contribution in [1.82, 2.24) is 10.4 Å². The molecule has 37 heavy (non-hydrogen) atoms. The van der Waals surface area contributed by atoms with Gasteiger partial charge in [0, 0.05) is 23.4 Å². The summed E-state index contributed by atoms with van der Waals surface area (Å²) in [5.41, 5.74) is 8.27. The highest BCUT2D eigenvalue weighted by Crippen LogP contribution is 2.34. The van der Waals surface area contributed by atoms with Crippen LogP contribution in [0.5, 0.6) is 5.75 Å². The summed E-state index contributed by atoms with van der Waals surface area (Å²) in [6, 6.07) is 1.22. The molecule has 0 bridgehead atoms. The van der Waals surface area contributed by atoms with Crippen molar-refractivity contribution in [1.29, 1.82) is 5.41 Å². The Balaban J connectivity index is 0.00000192. The second-order valence-electron chi connectivity index (χ2n) is 9.01. The number of aldehydes is 1. The minimum atomic E-state index is -0.719. The minimum Gasteiger partial charge on any atom is -0.496 e. The van der Waals surface area contributed by atoms with E-state index in [1.807, 2.05) is 26.8 Å². The van der Waals surface area contributed by atoms with Crippen LogP contribution in [0.25, 0.3) is 0 Å². The van der Waals surface area contributed by atoms with Crippen LogP contribution in [-0.2, 0) is 9.53 Å². The first-order valence-corrected chi connectivity index (χ1v) is 13.2. The molecule has 1 unspecified atom stereocenters. The lowest BCUT2D eigenvalue weighted by Crippen LogP contribution is -2.41. The lowest BCUT2D eigenvalue weighted by molar-refractivity contribution is -0.109. The Kier molecular flexibility index (Phi) is 15.7. The quantitative estimate of drug-likeness (QED) is 0.0982. The fourth-order valence-corrected chi connectivity index (χ4v) is 3.87. The molecule has 0 fully saturated rings. The normalized spacial score (nSPS) is 12.0. The van der Waals surface area contributed by atoms with E-state index in [9.17, 15) is 14.8 Å². The van der Waals surface area contributed by atoms with E-state index in [1.54, 1.807) is 40.2 Å². The summed E-state index contributed by atoms with van der Waals surface area (Å²) in [6.07, 6.45) is 0.687. The van der Waals surface area contributed by atoms with Crippen molar-refractivity contribution in [2.24, 2.45) is 10.1 Å². The van der Waals surface area contributed by atoms with Gasteiger partial charge in [0.05, 0.1) is 18.2 Å². The van der Waals surface area contributed by atoms with Crippen molar-refractivity contribution in [2.75, 3.05) is 13.7 Å². The van der Waals surface area contributed by atoms with Gasteiger partial charge >= 0.3 is 6.09 Å². The number of rotatable bonds is 10. The molecule has 0 aliphatic carbocycles. The summed E-state index contributed by atoms with van der Waals surface area (Å²) < 4.78 is 14.7. The Bertz CT molecular complexity index is 964. The number of ether oxygens (including phenoxy) is 2. The van der Waals surface area contributed by atoms with Crippen molar-refractivity contribution in [3.63, 3.8) is 0 Å².